The number of hydrogen-bond acceptors (Lipinski definition) is 1. The largest absolute Gasteiger partial charge is 0.311 e. The van der Waals surface area contributed by atoms with Crippen molar-refractivity contribution in [1.29, 1.82) is 0 Å². The fourth-order valence-electron chi connectivity index (χ4n) is 1.94. The molecule has 0 saturated carbocycles. The first-order chi connectivity index (χ1) is 7.59. The van der Waals surface area contributed by atoms with Crippen LogP contribution in [0.1, 0.15) is 18.4 Å². The molecule has 1 aromatic carbocycles. The van der Waals surface area contributed by atoms with Crippen LogP contribution in [-0.4, -0.2) is 17.3 Å². The number of nitrogens with zero attached hydrogens (tertiary/aromatic N) is 1. The van der Waals surface area contributed by atoms with Gasteiger partial charge in [-0.1, -0.05) is 33.6 Å². The molecule has 0 aromatic heterocycles. The summed E-state index contributed by atoms with van der Waals surface area (Å²) >= 11 is 9.38. The number of alkyl halides is 1. The van der Waals surface area contributed by atoms with Gasteiger partial charge >= 0.3 is 0 Å². The number of amides is 1. The summed E-state index contributed by atoms with van der Waals surface area (Å²) in [6.45, 7) is 2.78. The van der Waals surface area contributed by atoms with Crippen LogP contribution < -0.4 is 4.90 Å². The second-order valence-electron chi connectivity index (χ2n) is 4.03. The summed E-state index contributed by atoms with van der Waals surface area (Å²) < 4.78 is 0. The second-order valence-corrected chi connectivity index (χ2v) is 5.57. The Hall–Kier alpha value is -0.540. The minimum absolute atomic E-state index is 0.0559. The molecule has 0 N–H and O–H groups in total. The lowest BCUT2D eigenvalue weighted by Gasteiger charge is -2.31. The molecule has 1 aliphatic rings. The van der Waals surface area contributed by atoms with Gasteiger partial charge in [0.05, 0.1) is 4.83 Å². The zero-order valence-electron chi connectivity index (χ0n) is 9.04. The summed E-state index contributed by atoms with van der Waals surface area (Å²) in [5, 5.41) is 0.671. The summed E-state index contributed by atoms with van der Waals surface area (Å²) in [4.78, 5) is 13.8. The third-order valence-electron chi connectivity index (χ3n) is 2.84. The molecule has 1 unspecified atom stereocenters. The topological polar surface area (TPSA) is 20.3 Å². The van der Waals surface area contributed by atoms with Gasteiger partial charge in [-0.2, -0.15) is 0 Å². The number of carbonyl (C=O) groups excluding carboxylic acids is 1. The third kappa shape index (κ3) is 2.25. The van der Waals surface area contributed by atoms with Crippen LogP contribution in [-0.2, 0) is 4.79 Å². The van der Waals surface area contributed by atoms with Gasteiger partial charge in [0.2, 0.25) is 5.91 Å². The fraction of sp³-hybridized carbons (Fsp3) is 0.417. The summed E-state index contributed by atoms with van der Waals surface area (Å²) in [6, 6.07) is 5.66. The van der Waals surface area contributed by atoms with E-state index in [9.17, 15) is 4.79 Å². The van der Waals surface area contributed by atoms with E-state index in [-0.39, 0.29) is 10.7 Å². The van der Waals surface area contributed by atoms with Crippen LogP contribution >= 0.6 is 27.5 Å². The van der Waals surface area contributed by atoms with Gasteiger partial charge in [0.15, 0.2) is 0 Å². The van der Waals surface area contributed by atoms with Crippen molar-refractivity contribution in [2.45, 2.75) is 24.6 Å². The van der Waals surface area contributed by atoms with Crippen LogP contribution in [0.15, 0.2) is 18.2 Å². The standard InChI is InChI=1S/C12H13BrClNO/c1-8-4-5-9(14)7-11(8)15-6-2-3-10(13)12(15)16/h4-5,7,10H,2-3,6H2,1H3. The Morgan fingerprint density at radius 1 is 1.50 bits per heavy atom. The zero-order valence-corrected chi connectivity index (χ0v) is 11.4. The SMILES string of the molecule is Cc1ccc(Cl)cc1N1CCCC(Br)C1=O. The minimum atomic E-state index is -0.0559. The highest BCUT2D eigenvalue weighted by molar-refractivity contribution is 9.10. The number of aryl methyl sites for hydroxylation is 1. The molecule has 86 valence electrons. The van der Waals surface area contributed by atoms with Gasteiger partial charge in [0.1, 0.15) is 0 Å². The first-order valence-electron chi connectivity index (χ1n) is 5.31. The van der Waals surface area contributed by atoms with Crippen LogP contribution in [0.25, 0.3) is 0 Å². The lowest BCUT2D eigenvalue weighted by atomic mass is 10.1. The number of anilines is 1. The molecule has 0 aliphatic carbocycles. The molecule has 0 radical (unpaired) electrons. The first kappa shape index (κ1) is 11.9. The first-order valence-corrected chi connectivity index (χ1v) is 6.60. The van der Waals surface area contributed by atoms with Gasteiger partial charge in [0, 0.05) is 17.3 Å². The third-order valence-corrected chi connectivity index (χ3v) is 3.92. The molecule has 4 heteroatoms. The molecule has 0 bridgehead atoms. The Bertz CT molecular complexity index is 421. The smallest absolute Gasteiger partial charge is 0.240 e. The predicted octanol–water partition coefficient (Wildman–Crippen LogP) is 3.54. The van der Waals surface area contributed by atoms with Crippen LogP contribution in [0.3, 0.4) is 0 Å². The van der Waals surface area contributed by atoms with Crippen LogP contribution in [0, 0.1) is 6.92 Å². The van der Waals surface area contributed by atoms with Crippen molar-refractivity contribution >= 4 is 39.1 Å². The van der Waals surface area contributed by atoms with Crippen molar-refractivity contribution < 1.29 is 4.79 Å². The Morgan fingerprint density at radius 3 is 3.00 bits per heavy atom. The maximum atomic E-state index is 12.0. The maximum absolute atomic E-state index is 12.0. The Morgan fingerprint density at radius 2 is 2.25 bits per heavy atom. The molecule has 1 aliphatic heterocycles. The molecule has 2 nitrogen and oxygen atoms in total. The van der Waals surface area contributed by atoms with Crippen molar-refractivity contribution in [3.63, 3.8) is 0 Å². The Kier molecular flexibility index (Phi) is 3.55. The second kappa shape index (κ2) is 4.76. The Balaban J connectivity index is 2.35. The van der Waals surface area contributed by atoms with Crippen molar-refractivity contribution in [3.8, 4) is 0 Å². The van der Waals surface area contributed by atoms with Crippen LogP contribution in [0.2, 0.25) is 5.02 Å². The maximum Gasteiger partial charge on any atom is 0.240 e. The number of rotatable bonds is 1. The van der Waals surface area contributed by atoms with E-state index in [0.717, 1.165) is 30.6 Å². The molecule has 0 spiro atoms. The highest BCUT2D eigenvalue weighted by Gasteiger charge is 2.28. The summed E-state index contributed by atoms with van der Waals surface area (Å²) in [7, 11) is 0. The molecule has 1 atom stereocenters. The Labute approximate surface area is 109 Å². The van der Waals surface area contributed by atoms with E-state index in [4.69, 9.17) is 11.6 Å². The van der Waals surface area contributed by atoms with Crippen molar-refractivity contribution in [3.05, 3.63) is 28.8 Å². The molecule has 1 heterocycles. The molecule has 2 rings (SSSR count). The number of benzene rings is 1. The van der Waals surface area contributed by atoms with E-state index in [1.807, 2.05) is 30.0 Å². The normalized spacial score (nSPS) is 21.3. The van der Waals surface area contributed by atoms with E-state index in [1.54, 1.807) is 0 Å². The van der Waals surface area contributed by atoms with E-state index < -0.39 is 0 Å². The quantitative estimate of drug-likeness (QED) is 0.727. The molecule has 16 heavy (non-hydrogen) atoms. The van der Waals surface area contributed by atoms with E-state index in [0.29, 0.717) is 5.02 Å². The predicted molar refractivity (Wildman–Crippen MR) is 70.5 cm³/mol. The highest BCUT2D eigenvalue weighted by atomic mass is 79.9. The zero-order chi connectivity index (χ0) is 11.7. The van der Waals surface area contributed by atoms with E-state index >= 15 is 0 Å². The number of hydrogen-bond donors (Lipinski definition) is 0. The minimum Gasteiger partial charge on any atom is -0.311 e. The molecular weight excluding hydrogens is 289 g/mol. The van der Waals surface area contributed by atoms with E-state index in [1.165, 1.54) is 0 Å². The lowest BCUT2D eigenvalue weighted by Crippen LogP contribution is -2.42. The van der Waals surface area contributed by atoms with Crippen LogP contribution in [0.5, 0.6) is 0 Å². The number of piperidine rings is 1. The monoisotopic (exact) mass is 301 g/mol. The molecule has 1 fully saturated rings. The highest BCUT2D eigenvalue weighted by Crippen LogP contribution is 2.29. The number of carbonyl (C=O) groups is 1. The van der Waals surface area contributed by atoms with Crippen molar-refractivity contribution in [2.24, 2.45) is 0 Å². The fourth-order valence-corrected chi connectivity index (χ4v) is 2.68. The average Bonchev–Trinajstić information content (AvgIpc) is 2.26. The van der Waals surface area contributed by atoms with Crippen LogP contribution in [0.4, 0.5) is 5.69 Å². The van der Waals surface area contributed by atoms with Gasteiger partial charge < -0.3 is 4.90 Å². The summed E-state index contributed by atoms with van der Waals surface area (Å²) in [5.74, 6) is 0.136. The van der Waals surface area contributed by atoms with E-state index in [2.05, 4.69) is 15.9 Å². The molecule has 1 saturated heterocycles. The van der Waals surface area contributed by atoms with Gasteiger partial charge in [-0.05, 0) is 37.5 Å². The number of halogens is 2. The molecule has 1 amide bonds. The van der Waals surface area contributed by atoms with Crippen molar-refractivity contribution in [1.82, 2.24) is 0 Å². The van der Waals surface area contributed by atoms with Gasteiger partial charge in [-0.25, -0.2) is 0 Å². The van der Waals surface area contributed by atoms with Gasteiger partial charge in [-0.3, -0.25) is 4.79 Å². The van der Waals surface area contributed by atoms with Gasteiger partial charge in [0.25, 0.3) is 0 Å². The van der Waals surface area contributed by atoms with Crippen molar-refractivity contribution in [2.75, 3.05) is 11.4 Å². The summed E-state index contributed by atoms with van der Waals surface area (Å²) in [6.07, 6.45) is 1.93. The lowest BCUT2D eigenvalue weighted by molar-refractivity contribution is -0.118. The van der Waals surface area contributed by atoms with Gasteiger partial charge in [-0.15, -0.1) is 0 Å². The molecular formula is C12H13BrClNO. The molecule has 1 aromatic rings. The average molecular weight is 303 g/mol. The summed E-state index contributed by atoms with van der Waals surface area (Å²) in [5.41, 5.74) is 2.01.